The molecule has 1 heterocycles. The van der Waals surface area contributed by atoms with E-state index in [1.54, 1.807) is 0 Å². The number of aliphatic carboxylic acids is 2. The monoisotopic (exact) mass is 369 g/mol. The summed E-state index contributed by atoms with van der Waals surface area (Å²) in [4.78, 5) is 19.1. The van der Waals surface area contributed by atoms with E-state index < -0.39 is 18.0 Å². The minimum absolute atomic E-state index is 0.171. The van der Waals surface area contributed by atoms with Crippen LogP contribution >= 0.6 is 11.6 Å². The minimum Gasteiger partial charge on any atom is -0.478 e. The molecule has 4 N–H and O–H groups in total. The number of hydrogen-bond donors (Lipinski definition) is 4. The molecular weight excluding hydrogens is 346 g/mol. The summed E-state index contributed by atoms with van der Waals surface area (Å²) >= 11 is 5.94. The number of hydrogen-bond acceptors (Lipinski definition) is 4. The van der Waals surface area contributed by atoms with Gasteiger partial charge in [-0.1, -0.05) is 37.1 Å². The van der Waals surface area contributed by atoms with Crippen molar-refractivity contribution in [1.29, 1.82) is 0 Å². The first kappa shape index (κ1) is 21.2. The smallest absolute Gasteiger partial charge is 0.328 e. The first-order valence-electron chi connectivity index (χ1n) is 8.17. The van der Waals surface area contributed by atoms with Gasteiger partial charge in [0.2, 0.25) is 0 Å². The van der Waals surface area contributed by atoms with Crippen molar-refractivity contribution < 1.29 is 24.9 Å². The summed E-state index contributed by atoms with van der Waals surface area (Å²) < 4.78 is 0. The molecule has 1 aliphatic heterocycles. The van der Waals surface area contributed by atoms with Crippen molar-refractivity contribution in [3.63, 3.8) is 0 Å². The van der Waals surface area contributed by atoms with Crippen LogP contribution in [0.25, 0.3) is 0 Å². The summed E-state index contributed by atoms with van der Waals surface area (Å²) in [6.07, 6.45) is 5.26. The Morgan fingerprint density at radius 2 is 1.92 bits per heavy atom. The number of carboxylic acid groups (broad SMARTS) is 2. The van der Waals surface area contributed by atoms with E-state index >= 15 is 0 Å². The zero-order valence-electron chi connectivity index (χ0n) is 14.1. The highest BCUT2D eigenvalue weighted by Gasteiger charge is 2.29. The van der Waals surface area contributed by atoms with Gasteiger partial charge in [-0.2, -0.15) is 0 Å². The molecule has 0 spiro atoms. The van der Waals surface area contributed by atoms with Gasteiger partial charge in [0.05, 0.1) is 6.10 Å². The molecule has 25 heavy (non-hydrogen) atoms. The van der Waals surface area contributed by atoms with Crippen LogP contribution in [0.1, 0.15) is 44.3 Å². The normalized spacial score (nSPS) is 20.8. The van der Waals surface area contributed by atoms with Crippen LogP contribution in [0.15, 0.2) is 36.4 Å². The quantitative estimate of drug-likeness (QED) is 0.574. The molecule has 0 saturated carbocycles. The lowest BCUT2D eigenvalue weighted by molar-refractivity contribution is -0.134. The molecule has 1 unspecified atom stereocenters. The van der Waals surface area contributed by atoms with Crippen LogP contribution in [0.2, 0.25) is 5.02 Å². The number of halogens is 1. The third kappa shape index (κ3) is 8.16. The van der Waals surface area contributed by atoms with Crippen LogP contribution in [0.5, 0.6) is 0 Å². The Kier molecular flexibility index (Phi) is 9.20. The van der Waals surface area contributed by atoms with Gasteiger partial charge >= 0.3 is 11.9 Å². The maximum atomic E-state index is 10.3. The standard InChI is InChI=1S/C14H20ClNO.C4H4O4/c1-2-4-12-7-8-13(16-12)14(17)10-5-3-6-11(15)9-10;5-3(6)1-2-4(7)8/h3,5-6,9,12-14,16-17H,2,4,7-8H2,1H3;1-2H,(H,5,6)(H,7,8)/b;2-1-/t12-,13+,14?;/m0./s1. The van der Waals surface area contributed by atoms with E-state index in [1.165, 1.54) is 12.8 Å². The Morgan fingerprint density at radius 1 is 1.28 bits per heavy atom. The lowest BCUT2D eigenvalue weighted by Crippen LogP contribution is -2.33. The number of carboxylic acids is 2. The highest BCUT2D eigenvalue weighted by Crippen LogP contribution is 2.28. The molecule has 1 aliphatic rings. The van der Waals surface area contributed by atoms with Gasteiger partial charge < -0.3 is 20.6 Å². The molecule has 1 saturated heterocycles. The Balaban J connectivity index is 0.000000333. The van der Waals surface area contributed by atoms with E-state index in [1.807, 2.05) is 24.3 Å². The predicted molar refractivity (Wildman–Crippen MR) is 95.7 cm³/mol. The van der Waals surface area contributed by atoms with Crippen molar-refractivity contribution in [3.8, 4) is 0 Å². The molecule has 3 atom stereocenters. The fourth-order valence-electron chi connectivity index (χ4n) is 2.74. The summed E-state index contributed by atoms with van der Waals surface area (Å²) in [5, 5.41) is 30.1. The van der Waals surface area contributed by atoms with Crippen molar-refractivity contribution in [2.24, 2.45) is 0 Å². The zero-order chi connectivity index (χ0) is 18.8. The number of aliphatic hydroxyl groups is 1. The van der Waals surface area contributed by atoms with Crippen molar-refractivity contribution in [1.82, 2.24) is 5.32 Å². The molecule has 0 amide bonds. The molecule has 1 aromatic rings. The van der Waals surface area contributed by atoms with Gasteiger partial charge in [-0.25, -0.2) is 9.59 Å². The Morgan fingerprint density at radius 3 is 2.44 bits per heavy atom. The van der Waals surface area contributed by atoms with E-state index in [9.17, 15) is 14.7 Å². The summed E-state index contributed by atoms with van der Waals surface area (Å²) in [7, 11) is 0. The van der Waals surface area contributed by atoms with Crippen LogP contribution in [0.3, 0.4) is 0 Å². The summed E-state index contributed by atoms with van der Waals surface area (Å²) in [5.41, 5.74) is 0.909. The van der Waals surface area contributed by atoms with Gasteiger partial charge in [-0.3, -0.25) is 0 Å². The second-order valence-electron chi connectivity index (χ2n) is 5.85. The van der Waals surface area contributed by atoms with Crippen LogP contribution < -0.4 is 5.32 Å². The number of nitrogens with one attached hydrogen (secondary N) is 1. The average Bonchev–Trinajstić information content (AvgIpc) is 3.02. The zero-order valence-corrected chi connectivity index (χ0v) is 14.8. The number of rotatable bonds is 6. The molecule has 0 bridgehead atoms. The van der Waals surface area contributed by atoms with Crippen LogP contribution in [0.4, 0.5) is 0 Å². The summed E-state index contributed by atoms with van der Waals surface area (Å²) in [6, 6.07) is 8.25. The molecule has 138 valence electrons. The summed E-state index contributed by atoms with van der Waals surface area (Å²) in [5.74, 6) is -2.51. The molecule has 1 aromatic carbocycles. The maximum Gasteiger partial charge on any atom is 0.328 e. The van der Waals surface area contributed by atoms with E-state index in [0.29, 0.717) is 23.2 Å². The van der Waals surface area contributed by atoms with Crippen molar-refractivity contribution in [2.45, 2.75) is 50.8 Å². The number of benzene rings is 1. The second kappa shape index (κ2) is 10.9. The fourth-order valence-corrected chi connectivity index (χ4v) is 2.94. The molecule has 0 aromatic heterocycles. The third-order valence-electron chi connectivity index (χ3n) is 3.85. The Bertz CT molecular complexity index is 589. The largest absolute Gasteiger partial charge is 0.478 e. The molecule has 0 radical (unpaired) electrons. The van der Waals surface area contributed by atoms with E-state index in [-0.39, 0.29) is 6.04 Å². The Labute approximate surface area is 152 Å². The molecule has 1 fully saturated rings. The molecular formula is C18H24ClNO5. The molecule has 7 heteroatoms. The Hall–Kier alpha value is -1.89. The van der Waals surface area contributed by atoms with Gasteiger partial charge in [0.1, 0.15) is 0 Å². The fraction of sp³-hybridized carbons (Fsp3) is 0.444. The van der Waals surface area contributed by atoms with Crippen molar-refractivity contribution in [2.75, 3.05) is 0 Å². The molecule has 6 nitrogen and oxygen atoms in total. The lowest BCUT2D eigenvalue weighted by Gasteiger charge is -2.20. The minimum atomic E-state index is -1.26. The van der Waals surface area contributed by atoms with Crippen molar-refractivity contribution >= 4 is 23.5 Å². The number of aliphatic hydroxyl groups excluding tert-OH is 1. The first-order chi connectivity index (χ1) is 11.8. The summed E-state index contributed by atoms with van der Waals surface area (Å²) in [6.45, 7) is 2.20. The molecule has 0 aliphatic carbocycles. The SMILES string of the molecule is CCC[C@H]1CC[C@H](C(O)c2cccc(Cl)c2)N1.O=C(O)/C=C\C(=O)O. The van der Waals surface area contributed by atoms with Gasteiger partial charge in [0.15, 0.2) is 0 Å². The maximum absolute atomic E-state index is 10.3. The van der Waals surface area contributed by atoms with Crippen LogP contribution in [0, 0.1) is 0 Å². The predicted octanol–water partition coefficient (Wildman–Crippen LogP) is 3.01. The van der Waals surface area contributed by atoms with Gasteiger partial charge in [-0.05, 0) is 37.0 Å². The van der Waals surface area contributed by atoms with Crippen LogP contribution in [-0.2, 0) is 9.59 Å². The topological polar surface area (TPSA) is 107 Å². The lowest BCUT2D eigenvalue weighted by atomic mass is 10.0. The number of carbonyl (C=O) groups is 2. The van der Waals surface area contributed by atoms with E-state index in [2.05, 4.69) is 12.2 Å². The third-order valence-corrected chi connectivity index (χ3v) is 4.09. The van der Waals surface area contributed by atoms with E-state index in [4.69, 9.17) is 21.8 Å². The molecule has 2 rings (SSSR count). The van der Waals surface area contributed by atoms with Gasteiger partial charge in [0, 0.05) is 29.3 Å². The van der Waals surface area contributed by atoms with Crippen LogP contribution in [-0.4, -0.2) is 39.3 Å². The highest BCUT2D eigenvalue weighted by atomic mass is 35.5. The highest BCUT2D eigenvalue weighted by molar-refractivity contribution is 6.30. The van der Waals surface area contributed by atoms with E-state index in [0.717, 1.165) is 18.4 Å². The average molecular weight is 370 g/mol. The van der Waals surface area contributed by atoms with Crippen molar-refractivity contribution in [3.05, 3.63) is 47.0 Å². The van der Waals surface area contributed by atoms with Gasteiger partial charge in [0.25, 0.3) is 0 Å². The second-order valence-corrected chi connectivity index (χ2v) is 6.28. The first-order valence-corrected chi connectivity index (χ1v) is 8.54. The van der Waals surface area contributed by atoms with Gasteiger partial charge in [-0.15, -0.1) is 0 Å².